The topological polar surface area (TPSA) is 73.6 Å². The zero-order valence-electron chi connectivity index (χ0n) is 10.3. The van der Waals surface area contributed by atoms with Gasteiger partial charge < -0.3 is 16.2 Å². The van der Waals surface area contributed by atoms with Crippen LogP contribution in [0.2, 0.25) is 0 Å². The summed E-state index contributed by atoms with van der Waals surface area (Å²) in [6.07, 6.45) is 0. The summed E-state index contributed by atoms with van der Waals surface area (Å²) < 4.78 is 18.5. The van der Waals surface area contributed by atoms with Gasteiger partial charge in [-0.3, -0.25) is 4.99 Å². The Bertz CT molecular complexity index is 418. The van der Waals surface area contributed by atoms with E-state index in [0.29, 0.717) is 11.5 Å². The van der Waals surface area contributed by atoms with E-state index in [1.165, 1.54) is 13.2 Å². The SMILES string of the molecule is COc1ccc(N=C(C)C(N)C(C)N)c(F)c1. The minimum atomic E-state index is -0.444. The molecule has 0 heterocycles. The maximum absolute atomic E-state index is 13.6. The standard InChI is InChI=1S/C12H18FN3O/c1-7(14)12(15)8(2)16-11-5-4-9(17-3)6-10(11)13/h4-7,12H,14-15H2,1-3H3. The van der Waals surface area contributed by atoms with Crippen molar-refractivity contribution in [2.45, 2.75) is 25.9 Å². The molecule has 17 heavy (non-hydrogen) atoms. The summed E-state index contributed by atoms with van der Waals surface area (Å²) in [6.45, 7) is 3.52. The van der Waals surface area contributed by atoms with Crippen molar-refractivity contribution in [3.63, 3.8) is 0 Å². The molecule has 0 aliphatic rings. The second kappa shape index (κ2) is 5.75. The van der Waals surface area contributed by atoms with Crippen LogP contribution in [0.1, 0.15) is 13.8 Å². The number of nitrogens with two attached hydrogens (primary N) is 2. The normalized spacial score (nSPS) is 15.5. The fourth-order valence-corrected chi connectivity index (χ4v) is 1.35. The van der Waals surface area contributed by atoms with Crippen LogP contribution in [0.3, 0.4) is 0 Å². The highest BCUT2D eigenvalue weighted by Gasteiger charge is 2.12. The first-order valence-electron chi connectivity index (χ1n) is 5.35. The third-order valence-corrected chi connectivity index (χ3v) is 2.50. The van der Waals surface area contributed by atoms with E-state index in [1.807, 2.05) is 0 Å². The Balaban J connectivity index is 2.98. The number of methoxy groups -OCH3 is 1. The predicted octanol–water partition coefficient (Wildman–Crippen LogP) is 1.60. The summed E-state index contributed by atoms with van der Waals surface area (Å²) in [5, 5.41) is 0. The van der Waals surface area contributed by atoms with Gasteiger partial charge in [-0.05, 0) is 26.0 Å². The van der Waals surface area contributed by atoms with Gasteiger partial charge in [0.25, 0.3) is 0 Å². The highest BCUT2D eigenvalue weighted by atomic mass is 19.1. The molecule has 2 atom stereocenters. The molecule has 0 spiro atoms. The van der Waals surface area contributed by atoms with Gasteiger partial charge in [0, 0.05) is 17.8 Å². The molecule has 4 nitrogen and oxygen atoms in total. The van der Waals surface area contributed by atoms with Crippen molar-refractivity contribution < 1.29 is 9.13 Å². The average molecular weight is 239 g/mol. The van der Waals surface area contributed by atoms with Crippen LogP contribution in [-0.4, -0.2) is 24.9 Å². The maximum Gasteiger partial charge on any atom is 0.152 e. The Kier molecular flexibility index (Phi) is 4.60. The lowest BCUT2D eigenvalue weighted by Gasteiger charge is -2.15. The molecular weight excluding hydrogens is 221 g/mol. The van der Waals surface area contributed by atoms with Crippen LogP contribution in [0.25, 0.3) is 0 Å². The predicted molar refractivity (Wildman–Crippen MR) is 67.3 cm³/mol. The molecule has 0 saturated heterocycles. The van der Waals surface area contributed by atoms with Crippen LogP contribution in [-0.2, 0) is 0 Å². The van der Waals surface area contributed by atoms with Crippen molar-refractivity contribution in [3.05, 3.63) is 24.0 Å². The average Bonchev–Trinajstić information content (AvgIpc) is 2.30. The fraction of sp³-hybridized carbons (Fsp3) is 0.417. The lowest BCUT2D eigenvalue weighted by molar-refractivity contribution is 0.411. The molecule has 94 valence electrons. The lowest BCUT2D eigenvalue weighted by Crippen LogP contribution is -2.44. The van der Waals surface area contributed by atoms with Crippen LogP contribution in [0.4, 0.5) is 10.1 Å². The van der Waals surface area contributed by atoms with E-state index in [-0.39, 0.29) is 17.8 Å². The van der Waals surface area contributed by atoms with Crippen molar-refractivity contribution >= 4 is 11.4 Å². The molecule has 0 aromatic heterocycles. The molecule has 4 N–H and O–H groups in total. The molecule has 0 bridgehead atoms. The molecule has 0 saturated carbocycles. The van der Waals surface area contributed by atoms with E-state index in [9.17, 15) is 4.39 Å². The zero-order chi connectivity index (χ0) is 13.0. The lowest BCUT2D eigenvalue weighted by atomic mass is 10.1. The van der Waals surface area contributed by atoms with Gasteiger partial charge in [0.15, 0.2) is 5.82 Å². The van der Waals surface area contributed by atoms with E-state index in [2.05, 4.69) is 4.99 Å². The minimum absolute atomic E-state index is 0.222. The van der Waals surface area contributed by atoms with Crippen molar-refractivity contribution in [1.82, 2.24) is 0 Å². The van der Waals surface area contributed by atoms with Gasteiger partial charge >= 0.3 is 0 Å². The van der Waals surface area contributed by atoms with Crippen LogP contribution >= 0.6 is 0 Å². The van der Waals surface area contributed by atoms with Gasteiger partial charge in [0.2, 0.25) is 0 Å². The number of nitrogens with zero attached hydrogens (tertiary/aromatic N) is 1. The smallest absolute Gasteiger partial charge is 0.152 e. The third-order valence-electron chi connectivity index (χ3n) is 2.50. The summed E-state index contributed by atoms with van der Waals surface area (Å²) in [5.74, 6) is 0.0103. The molecule has 1 aromatic rings. The highest BCUT2D eigenvalue weighted by Crippen LogP contribution is 2.23. The molecule has 0 amide bonds. The molecule has 5 heteroatoms. The Morgan fingerprint density at radius 2 is 2.06 bits per heavy atom. The van der Waals surface area contributed by atoms with Crippen molar-refractivity contribution in [1.29, 1.82) is 0 Å². The van der Waals surface area contributed by atoms with Gasteiger partial charge in [0.05, 0.1) is 18.8 Å². The van der Waals surface area contributed by atoms with E-state index in [4.69, 9.17) is 16.2 Å². The molecule has 0 fully saturated rings. The fourth-order valence-electron chi connectivity index (χ4n) is 1.35. The van der Waals surface area contributed by atoms with E-state index in [0.717, 1.165) is 0 Å². The van der Waals surface area contributed by atoms with Crippen LogP contribution < -0.4 is 16.2 Å². The number of hydrogen-bond acceptors (Lipinski definition) is 4. The summed E-state index contributed by atoms with van der Waals surface area (Å²) in [7, 11) is 1.48. The largest absolute Gasteiger partial charge is 0.497 e. The van der Waals surface area contributed by atoms with Gasteiger partial charge in [0.1, 0.15) is 5.75 Å². The molecular formula is C12H18FN3O. The monoisotopic (exact) mass is 239 g/mol. The number of hydrogen-bond donors (Lipinski definition) is 2. The molecule has 0 radical (unpaired) electrons. The molecule has 2 unspecified atom stereocenters. The Morgan fingerprint density at radius 1 is 1.41 bits per heavy atom. The van der Waals surface area contributed by atoms with Gasteiger partial charge in [-0.2, -0.15) is 0 Å². The molecule has 1 rings (SSSR count). The minimum Gasteiger partial charge on any atom is -0.497 e. The number of rotatable bonds is 4. The molecule has 0 aliphatic carbocycles. The van der Waals surface area contributed by atoms with Gasteiger partial charge in [-0.25, -0.2) is 4.39 Å². The first-order valence-corrected chi connectivity index (χ1v) is 5.35. The summed E-state index contributed by atoms with van der Waals surface area (Å²) in [6, 6.07) is 3.87. The number of benzene rings is 1. The van der Waals surface area contributed by atoms with Crippen molar-refractivity contribution in [2.24, 2.45) is 16.5 Å². The van der Waals surface area contributed by atoms with E-state index in [1.54, 1.807) is 26.0 Å². The van der Waals surface area contributed by atoms with E-state index >= 15 is 0 Å². The second-order valence-electron chi connectivity index (χ2n) is 3.96. The first kappa shape index (κ1) is 13.6. The van der Waals surface area contributed by atoms with Crippen LogP contribution in [0.15, 0.2) is 23.2 Å². The van der Waals surface area contributed by atoms with Gasteiger partial charge in [-0.1, -0.05) is 0 Å². The second-order valence-corrected chi connectivity index (χ2v) is 3.96. The summed E-state index contributed by atoms with van der Waals surface area (Å²) in [5.41, 5.74) is 12.3. The number of ether oxygens (including phenoxy) is 1. The van der Waals surface area contributed by atoms with Gasteiger partial charge in [-0.15, -0.1) is 0 Å². The third kappa shape index (κ3) is 3.51. The summed E-state index contributed by atoms with van der Waals surface area (Å²) >= 11 is 0. The van der Waals surface area contributed by atoms with E-state index < -0.39 is 5.82 Å². The summed E-state index contributed by atoms with van der Waals surface area (Å²) in [4.78, 5) is 4.14. The van der Waals surface area contributed by atoms with Crippen molar-refractivity contribution in [3.8, 4) is 5.75 Å². The maximum atomic E-state index is 13.6. The Labute approximate surface area is 100 Å². The number of halogens is 1. The van der Waals surface area contributed by atoms with Crippen LogP contribution in [0, 0.1) is 5.82 Å². The Morgan fingerprint density at radius 3 is 2.53 bits per heavy atom. The number of aliphatic imine (C=N–C) groups is 1. The van der Waals surface area contributed by atoms with Crippen LogP contribution in [0.5, 0.6) is 5.75 Å². The molecule has 0 aliphatic heterocycles. The molecule has 1 aromatic carbocycles. The first-order chi connectivity index (χ1) is 7.95. The highest BCUT2D eigenvalue weighted by molar-refractivity contribution is 5.90. The quantitative estimate of drug-likeness (QED) is 0.784. The zero-order valence-corrected chi connectivity index (χ0v) is 10.3. The van der Waals surface area contributed by atoms with Crippen molar-refractivity contribution in [2.75, 3.05) is 7.11 Å². The Hall–Kier alpha value is -1.46.